The zero-order valence-electron chi connectivity index (χ0n) is 17.1. The van der Waals surface area contributed by atoms with Gasteiger partial charge >= 0.3 is 0 Å². The number of methoxy groups -OCH3 is 2. The van der Waals surface area contributed by atoms with Crippen molar-refractivity contribution in [1.29, 1.82) is 0 Å². The number of halogens is 2. The number of hydrogen-bond donors (Lipinski definition) is 2. The Labute approximate surface area is 193 Å². The molecule has 0 radical (unpaired) electrons. The first-order valence-electron chi connectivity index (χ1n) is 9.38. The first kappa shape index (κ1) is 24.0. The topological polar surface area (TPSA) is 76.7 Å². The van der Waals surface area contributed by atoms with E-state index in [2.05, 4.69) is 42.5 Å². The van der Waals surface area contributed by atoms with E-state index in [4.69, 9.17) is 9.47 Å². The van der Waals surface area contributed by atoms with Gasteiger partial charge in [-0.15, -0.1) is 0 Å². The fourth-order valence-corrected chi connectivity index (χ4v) is 4.11. The molecule has 2 aromatic carbocycles. The van der Waals surface area contributed by atoms with Crippen molar-refractivity contribution in [3.05, 3.63) is 50.9 Å². The van der Waals surface area contributed by atoms with Crippen molar-refractivity contribution in [1.82, 2.24) is 0 Å². The van der Waals surface area contributed by atoms with Crippen LogP contribution in [0.2, 0.25) is 0 Å². The standard InChI is InChI=1S/C22H24Br2N2O4/c1-4-5-6-20(27)26-18-9-8-16(13-19(18)29-2)25-21(28)10-7-14-11-15(23)12-17(24)22(14)30-3/h7-13H,4-6H2,1-3H3,(H,25,28)(H,26,27)/b10-7+. The molecule has 8 heteroatoms. The summed E-state index contributed by atoms with van der Waals surface area (Å²) in [5.41, 5.74) is 1.86. The predicted molar refractivity (Wildman–Crippen MR) is 127 cm³/mol. The minimum atomic E-state index is -0.310. The van der Waals surface area contributed by atoms with Crippen LogP contribution in [0.4, 0.5) is 11.4 Å². The van der Waals surface area contributed by atoms with Crippen LogP contribution in [0.3, 0.4) is 0 Å². The molecule has 0 saturated heterocycles. The Balaban J connectivity index is 2.10. The van der Waals surface area contributed by atoms with Gasteiger partial charge in [0.2, 0.25) is 11.8 Å². The van der Waals surface area contributed by atoms with Crippen LogP contribution in [-0.2, 0) is 9.59 Å². The van der Waals surface area contributed by atoms with Gasteiger partial charge in [-0.3, -0.25) is 9.59 Å². The van der Waals surface area contributed by atoms with Gasteiger partial charge in [-0.25, -0.2) is 0 Å². The van der Waals surface area contributed by atoms with E-state index in [1.54, 1.807) is 31.4 Å². The summed E-state index contributed by atoms with van der Waals surface area (Å²) < 4.78 is 12.4. The second kappa shape index (κ2) is 11.8. The van der Waals surface area contributed by atoms with Crippen LogP contribution >= 0.6 is 31.9 Å². The van der Waals surface area contributed by atoms with Crippen molar-refractivity contribution >= 4 is 61.1 Å². The van der Waals surface area contributed by atoms with Crippen molar-refractivity contribution in [2.45, 2.75) is 26.2 Å². The Morgan fingerprint density at radius 1 is 1.07 bits per heavy atom. The molecule has 0 aliphatic rings. The molecule has 2 aromatic rings. The number of hydrogen-bond acceptors (Lipinski definition) is 4. The van der Waals surface area contributed by atoms with Gasteiger partial charge in [-0.05, 0) is 52.7 Å². The van der Waals surface area contributed by atoms with Crippen LogP contribution < -0.4 is 20.1 Å². The largest absolute Gasteiger partial charge is 0.495 e. The normalized spacial score (nSPS) is 10.7. The summed E-state index contributed by atoms with van der Waals surface area (Å²) in [4.78, 5) is 24.3. The van der Waals surface area contributed by atoms with Crippen molar-refractivity contribution in [2.24, 2.45) is 0 Å². The second-order valence-corrected chi connectivity index (χ2v) is 8.17. The molecule has 2 amide bonds. The third kappa shape index (κ3) is 6.88. The Kier molecular flexibility index (Phi) is 9.39. The van der Waals surface area contributed by atoms with E-state index < -0.39 is 0 Å². The van der Waals surface area contributed by atoms with Gasteiger partial charge in [0.05, 0.1) is 24.4 Å². The number of carbonyl (C=O) groups excluding carboxylic acids is 2. The molecular formula is C22H24Br2N2O4. The summed E-state index contributed by atoms with van der Waals surface area (Å²) >= 11 is 6.87. The van der Waals surface area contributed by atoms with Crippen LogP contribution in [0.25, 0.3) is 6.08 Å². The van der Waals surface area contributed by atoms with Crippen LogP contribution in [0, 0.1) is 0 Å². The molecule has 30 heavy (non-hydrogen) atoms. The summed E-state index contributed by atoms with van der Waals surface area (Å²) in [6.07, 6.45) is 5.32. The van der Waals surface area contributed by atoms with Gasteiger partial charge in [0.25, 0.3) is 0 Å². The summed E-state index contributed by atoms with van der Waals surface area (Å²) in [5, 5.41) is 5.62. The van der Waals surface area contributed by atoms with E-state index in [1.165, 1.54) is 13.2 Å². The predicted octanol–water partition coefficient (Wildman–Crippen LogP) is 6.01. The lowest BCUT2D eigenvalue weighted by Gasteiger charge is -2.12. The van der Waals surface area contributed by atoms with Crippen LogP contribution in [-0.4, -0.2) is 26.0 Å². The lowest BCUT2D eigenvalue weighted by Crippen LogP contribution is -2.12. The van der Waals surface area contributed by atoms with Crippen molar-refractivity contribution in [2.75, 3.05) is 24.9 Å². The first-order chi connectivity index (χ1) is 14.4. The number of rotatable bonds is 9. The third-order valence-corrected chi connectivity index (χ3v) is 5.20. The average Bonchev–Trinajstić information content (AvgIpc) is 2.71. The molecule has 0 aliphatic carbocycles. The molecule has 0 spiro atoms. The summed E-state index contributed by atoms with van der Waals surface area (Å²) in [5.74, 6) is 0.727. The van der Waals surface area contributed by atoms with Gasteiger partial charge in [0.15, 0.2) is 0 Å². The van der Waals surface area contributed by atoms with Crippen molar-refractivity contribution < 1.29 is 19.1 Å². The van der Waals surface area contributed by atoms with E-state index in [0.717, 1.165) is 27.4 Å². The number of amides is 2. The number of nitrogens with one attached hydrogen (secondary N) is 2. The molecule has 0 heterocycles. The monoisotopic (exact) mass is 538 g/mol. The van der Waals surface area contributed by atoms with Gasteiger partial charge < -0.3 is 20.1 Å². The van der Waals surface area contributed by atoms with Crippen LogP contribution in [0.15, 0.2) is 45.4 Å². The Morgan fingerprint density at radius 2 is 1.83 bits per heavy atom. The highest BCUT2D eigenvalue weighted by molar-refractivity contribution is 9.11. The molecule has 0 saturated carbocycles. The molecule has 0 fully saturated rings. The quantitative estimate of drug-likeness (QED) is 0.382. The zero-order valence-corrected chi connectivity index (χ0v) is 20.2. The van der Waals surface area contributed by atoms with Gasteiger partial charge in [-0.2, -0.15) is 0 Å². The highest BCUT2D eigenvalue weighted by Gasteiger charge is 2.10. The molecule has 0 bridgehead atoms. The summed E-state index contributed by atoms with van der Waals surface area (Å²) in [7, 11) is 3.08. The average molecular weight is 540 g/mol. The highest BCUT2D eigenvalue weighted by atomic mass is 79.9. The molecule has 6 nitrogen and oxygen atoms in total. The minimum absolute atomic E-state index is 0.0657. The van der Waals surface area contributed by atoms with Crippen molar-refractivity contribution in [3.63, 3.8) is 0 Å². The molecule has 2 rings (SSSR count). The molecule has 2 N–H and O–H groups in total. The maximum atomic E-state index is 12.4. The maximum Gasteiger partial charge on any atom is 0.248 e. The molecule has 0 aliphatic heterocycles. The number of carbonyl (C=O) groups is 2. The Morgan fingerprint density at radius 3 is 2.50 bits per heavy atom. The minimum Gasteiger partial charge on any atom is -0.495 e. The maximum absolute atomic E-state index is 12.4. The van der Waals surface area contributed by atoms with Gasteiger partial charge in [-0.1, -0.05) is 29.3 Å². The SMILES string of the molecule is CCCCC(=O)Nc1ccc(NC(=O)/C=C/c2cc(Br)cc(Br)c2OC)cc1OC. The number of unbranched alkanes of at least 4 members (excludes halogenated alkanes) is 1. The van der Waals surface area contributed by atoms with Gasteiger partial charge in [0.1, 0.15) is 11.5 Å². The lowest BCUT2D eigenvalue weighted by molar-refractivity contribution is -0.116. The Hall–Kier alpha value is -2.32. The molecule has 0 aromatic heterocycles. The molecule has 0 atom stereocenters. The fourth-order valence-electron chi connectivity index (χ4n) is 2.69. The molecule has 0 unspecified atom stereocenters. The van der Waals surface area contributed by atoms with E-state index in [1.807, 2.05) is 19.1 Å². The number of ether oxygens (including phenoxy) is 2. The van der Waals surface area contributed by atoms with Crippen molar-refractivity contribution in [3.8, 4) is 11.5 Å². The summed E-state index contributed by atoms with van der Waals surface area (Å²) in [6.45, 7) is 2.03. The fraction of sp³-hybridized carbons (Fsp3) is 0.273. The molecular weight excluding hydrogens is 516 g/mol. The second-order valence-electron chi connectivity index (χ2n) is 6.40. The Bertz CT molecular complexity index is 945. The smallest absolute Gasteiger partial charge is 0.248 e. The van der Waals surface area contributed by atoms with E-state index in [0.29, 0.717) is 29.3 Å². The van der Waals surface area contributed by atoms with Gasteiger partial charge in [0, 0.05) is 34.3 Å². The third-order valence-electron chi connectivity index (χ3n) is 4.16. The summed E-state index contributed by atoms with van der Waals surface area (Å²) in [6, 6.07) is 8.80. The zero-order chi connectivity index (χ0) is 22.1. The number of anilines is 2. The van der Waals surface area contributed by atoms with E-state index in [-0.39, 0.29) is 11.8 Å². The first-order valence-corrected chi connectivity index (χ1v) is 11.0. The highest BCUT2D eigenvalue weighted by Crippen LogP contribution is 2.33. The van der Waals surface area contributed by atoms with E-state index >= 15 is 0 Å². The lowest BCUT2D eigenvalue weighted by atomic mass is 10.2. The van der Waals surface area contributed by atoms with Crippen LogP contribution in [0.5, 0.6) is 11.5 Å². The number of benzene rings is 2. The molecule has 160 valence electrons. The van der Waals surface area contributed by atoms with E-state index in [9.17, 15) is 9.59 Å². The van der Waals surface area contributed by atoms with Crippen LogP contribution in [0.1, 0.15) is 31.7 Å².